The van der Waals surface area contributed by atoms with E-state index in [9.17, 15) is 4.79 Å². The summed E-state index contributed by atoms with van der Waals surface area (Å²) in [6.45, 7) is 6.53. The number of carbonyl (C=O) groups is 1. The van der Waals surface area contributed by atoms with Gasteiger partial charge in [0.25, 0.3) is 0 Å². The van der Waals surface area contributed by atoms with Crippen molar-refractivity contribution in [1.29, 1.82) is 0 Å². The highest BCUT2D eigenvalue weighted by Crippen LogP contribution is 2.31. The summed E-state index contributed by atoms with van der Waals surface area (Å²) in [5.74, 6) is 1.82. The summed E-state index contributed by atoms with van der Waals surface area (Å²) in [6.07, 6.45) is 5.13. The van der Waals surface area contributed by atoms with Gasteiger partial charge < -0.3 is 14.5 Å². The van der Waals surface area contributed by atoms with E-state index in [1.807, 2.05) is 58.0 Å². The van der Waals surface area contributed by atoms with Crippen molar-refractivity contribution in [1.82, 2.24) is 24.2 Å². The Kier molecular flexibility index (Phi) is 7.21. The van der Waals surface area contributed by atoms with E-state index in [4.69, 9.17) is 27.9 Å². The Labute approximate surface area is 225 Å². The Morgan fingerprint density at radius 2 is 1.86 bits per heavy atom. The second-order valence-corrected chi connectivity index (χ2v) is 9.34. The molecule has 0 radical (unpaired) electrons. The molecule has 0 saturated carbocycles. The monoisotopic (exact) mass is 536 g/mol. The molecule has 1 fully saturated rings. The molecule has 0 atom stereocenters. The Morgan fingerprint density at radius 3 is 2.57 bits per heavy atom. The van der Waals surface area contributed by atoms with Gasteiger partial charge in [0, 0.05) is 55.9 Å². The molecule has 4 aromatic rings. The second kappa shape index (κ2) is 10.7. The number of benzene rings is 2. The first kappa shape index (κ1) is 24.9. The molecule has 1 amide bonds. The highest BCUT2D eigenvalue weighted by atomic mass is 35.5. The number of anilines is 1. The zero-order valence-electron chi connectivity index (χ0n) is 20.3. The van der Waals surface area contributed by atoms with Crippen LogP contribution in [0.15, 0.2) is 67.5 Å². The molecule has 0 spiro atoms. The standard InChI is InChI=1S/C27H26Cl2N6O2/c1-3-22-25(29)27(34-12-11-30-26(34)19-7-5-4-6-8-19)31-35(22)18-24(36)33-15-13-32(14-16-33)20-9-10-21(28)23(17-20)37-2/h3-12,17H,1,13-16,18H2,2H3. The zero-order chi connectivity index (χ0) is 25.9. The van der Waals surface area contributed by atoms with Crippen molar-refractivity contribution in [2.45, 2.75) is 6.54 Å². The Bertz CT molecular complexity index is 1420. The number of imidazole rings is 1. The van der Waals surface area contributed by atoms with Crippen LogP contribution in [0.1, 0.15) is 5.69 Å². The molecule has 3 heterocycles. The van der Waals surface area contributed by atoms with E-state index in [2.05, 4.69) is 21.6 Å². The van der Waals surface area contributed by atoms with Gasteiger partial charge in [-0.3, -0.25) is 14.0 Å². The van der Waals surface area contributed by atoms with Crippen LogP contribution >= 0.6 is 23.2 Å². The summed E-state index contributed by atoms with van der Waals surface area (Å²) in [5.41, 5.74) is 2.54. The van der Waals surface area contributed by atoms with Crippen LogP contribution in [0.2, 0.25) is 10.0 Å². The van der Waals surface area contributed by atoms with Crippen molar-refractivity contribution < 1.29 is 9.53 Å². The Balaban J connectivity index is 1.31. The minimum absolute atomic E-state index is 0.0314. The summed E-state index contributed by atoms with van der Waals surface area (Å²) >= 11 is 12.9. The molecule has 2 aromatic heterocycles. The smallest absolute Gasteiger partial charge is 0.244 e. The van der Waals surface area contributed by atoms with Crippen LogP contribution in [0, 0.1) is 0 Å². The molecule has 1 aliphatic rings. The molecule has 0 aliphatic carbocycles. The molecule has 190 valence electrons. The van der Waals surface area contributed by atoms with Gasteiger partial charge in [-0.1, -0.05) is 60.1 Å². The lowest BCUT2D eigenvalue weighted by Crippen LogP contribution is -2.49. The quantitative estimate of drug-likeness (QED) is 0.331. The minimum Gasteiger partial charge on any atom is -0.495 e. The highest BCUT2D eigenvalue weighted by Gasteiger charge is 2.25. The molecule has 0 N–H and O–H groups in total. The number of amides is 1. The Morgan fingerprint density at radius 1 is 1.11 bits per heavy atom. The van der Waals surface area contributed by atoms with Gasteiger partial charge in [-0.2, -0.15) is 5.10 Å². The van der Waals surface area contributed by atoms with Crippen LogP contribution in [-0.2, 0) is 11.3 Å². The van der Waals surface area contributed by atoms with Crippen LogP contribution in [0.5, 0.6) is 5.75 Å². The maximum absolute atomic E-state index is 13.2. The third-order valence-electron chi connectivity index (χ3n) is 6.43. The van der Waals surface area contributed by atoms with Crippen LogP contribution in [0.4, 0.5) is 5.69 Å². The van der Waals surface area contributed by atoms with E-state index in [0.717, 1.165) is 11.3 Å². The van der Waals surface area contributed by atoms with E-state index in [1.165, 1.54) is 0 Å². The van der Waals surface area contributed by atoms with Crippen molar-refractivity contribution in [3.05, 3.63) is 83.2 Å². The van der Waals surface area contributed by atoms with E-state index in [1.54, 1.807) is 30.3 Å². The summed E-state index contributed by atoms with van der Waals surface area (Å²) in [6, 6.07) is 15.5. The number of rotatable bonds is 7. The van der Waals surface area contributed by atoms with Crippen LogP contribution < -0.4 is 9.64 Å². The first-order valence-electron chi connectivity index (χ1n) is 11.8. The van der Waals surface area contributed by atoms with E-state index in [0.29, 0.717) is 59.3 Å². The van der Waals surface area contributed by atoms with Gasteiger partial charge in [-0.05, 0) is 18.2 Å². The largest absolute Gasteiger partial charge is 0.495 e. The molecule has 0 unspecified atom stereocenters. The van der Waals surface area contributed by atoms with Crippen LogP contribution in [-0.4, -0.2) is 63.4 Å². The maximum Gasteiger partial charge on any atom is 0.244 e. The highest BCUT2D eigenvalue weighted by molar-refractivity contribution is 6.33. The predicted octanol–water partition coefficient (Wildman–Crippen LogP) is 5.04. The zero-order valence-corrected chi connectivity index (χ0v) is 21.9. The topological polar surface area (TPSA) is 68.4 Å². The van der Waals surface area contributed by atoms with Gasteiger partial charge in [-0.15, -0.1) is 0 Å². The van der Waals surface area contributed by atoms with E-state index in [-0.39, 0.29) is 12.5 Å². The van der Waals surface area contributed by atoms with Crippen LogP contribution in [0.25, 0.3) is 23.3 Å². The number of hydrogen-bond donors (Lipinski definition) is 0. The SMILES string of the molecule is C=Cc1c(Cl)c(-n2ccnc2-c2ccccc2)nn1CC(=O)N1CCN(c2ccc(Cl)c(OC)c2)CC1. The maximum atomic E-state index is 13.2. The molecule has 37 heavy (non-hydrogen) atoms. The van der Waals surface area contributed by atoms with Crippen molar-refractivity contribution in [2.75, 3.05) is 38.2 Å². The number of nitrogens with zero attached hydrogens (tertiary/aromatic N) is 6. The fourth-order valence-corrected chi connectivity index (χ4v) is 4.97. The van der Waals surface area contributed by atoms with Gasteiger partial charge in [0.2, 0.25) is 5.91 Å². The van der Waals surface area contributed by atoms with Gasteiger partial charge in [0.1, 0.15) is 23.1 Å². The lowest BCUT2D eigenvalue weighted by molar-refractivity contribution is -0.132. The van der Waals surface area contributed by atoms with Gasteiger partial charge >= 0.3 is 0 Å². The van der Waals surface area contributed by atoms with Crippen molar-refractivity contribution >= 4 is 40.9 Å². The molecule has 5 rings (SSSR count). The summed E-state index contributed by atoms with van der Waals surface area (Å²) in [5, 5.41) is 5.67. The fourth-order valence-electron chi connectivity index (χ4n) is 4.47. The van der Waals surface area contributed by atoms with Crippen LogP contribution in [0.3, 0.4) is 0 Å². The van der Waals surface area contributed by atoms with Crippen molar-refractivity contribution in [3.63, 3.8) is 0 Å². The van der Waals surface area contributed by atoms with Gasteiger partial charge in [0.15, 0.2) is 5.82 Å². The predicted molar refractivity (Wildman–Crippen MR) is 147 cm³/mol. The molecule has 10 heteroatoms. The second-order valence-electron chi connectivity index (χ2n) is 8.56. The molecule has 8 nitrogen and oxygen atoms in total. The number of ether oxygens (including phenoxy) is 1. The molecule has 0 bridgehead atoms. The van der Waals surface area contributed by atoms with E-state index < -0.39 is 0 Å². The summed E-state index contributed by atoms with van der Waals surface area (Å²) < 4.78 is 8.77. The molecule has 1 aliphatic heterocycles. The molecular formula is C27H26Cl2N6O2. The first-order valence-corrected chi connectivity index (χ1v) is 12.6. The number of hydrogen-bond acceptors (Lipinski definition) is 5. The third kappa shape index (κ3) is 4.95. The number of piperazine rings is 1. The van der Waals surface area contributed by atoms with Gasteiger partial charge in [0.05, 0.1) is 17.8 Å². The lowest BCUT2D eigenvalue weighted by atomic mass is 10.2. The van der Waals surface area contributed by atoms with E-state index >= 15 is 0 Å². The average molecular weight is 537 g/mol. The van der Waals surface area contributed by atoms with Crippen molar-refractivity contribution in [2.24, 2.45) is 0 Å². The number of carbonyl (C=O) groups excluding carboxylic acids is 1. The molecule has 2 aromatic carbocycles. The summed E-state index contributed by atoms with van der Waals surface area (Å²) in [4.78, 5) is 21.8. The fraction of sp³-hybridized carbons (Fsp3) is 0.222. The number of methoxy groups -OCH3 is 1. The normalized spacial score (nSPS) is 13.6. The Hall–Kier alpha value is -3.75. The first-order chi connectivity index (χ1) is 18.0. The number of halogens is 2. The number of aromatic nitrogens is 4. The lowest BCUT2D eigenvalue weighted by Gasteiger charge is -2.36. The molecular weight excluding hydrogens is 511 g/mol. The molecule has 1 saturated heterocycles. The van der Waals surface area contributed by atoms with Crippen molar-refractivity contribution in [3.8, 4) is 23.0 Å². The third-order valence-corrected chi connectivity index (χ3v) is 7.10. The minimum atomic E-state index is -0.0314. The summed E-state index contributed by atoms with van der Waals surface area (Å²) in [7, 11) is 1.60. The van der Waals surface area contributed by atoms with Gasteiger partial charge in [-0.25, -0.2) is 4.98 Å². The average Bonchev–Trinajstić information content (AvgIpc) is 3.53.